The van der Waals surface area contributed by atoms with Crippen LogP contribution in [0.5, 0.6) is 5.75 Å². The summed E-state index contributed by atoms with van der Waals surface area (Å²) < 4.78 is 34.5. The number of ether oxygens (including phenoxy) is 2. The summed E-state index contributed by atoms with van der Waals surface area (Å²) in [5.74, 6) is -0.479. The molecule has 2 aliphatic heterocycles. The zero-order valence-electron chi connectivity index (χ0n) is 22.0. The van der Waals surface area contributed by atoms with Crippen molar-refractivity contribution in [3.63, 3.8) is 0 Å². The summed E-state index contributed by atoms with van der Waals surface area (Å²) in [4.78, 5) is 25.8. The van der Waals surface area contributed by atoms with Crippen LogP contribution in [0.25, 0.3) is 10.8 Å². The van der Waals surface area contributed by atoms with Gasteiger partial charge in [-0.25, -0.2) is 9.36 Å². The zero-order valence-corrected chi connectivity index (χ0v) is 23.6. The molecular formula is C25H30BClN3O9P. The summed E-state index contributed by atoms with van der Waals surface area (Å²) in [5, 5.41) is 26.7. The molecule has 15 heteroatoms. The van der Waals surface area contributed by atoms with E-state index in [0.29, 0.717) is 5.39 Å². The number of carbonyl (C=O) groups is 2. The number of rotatable bonds is 10. The number of halogens is 1. The summed E-state index contributed by atoms with van der Waals surface area (Å²) >= 11 is 6.39. The Bertz CT molecular complexity index is 1320. The summed E-state index contributed by atoms with van der Waals surface area (Å²) in [6.07, 6.45) is -3.42. The molecule has 12 nitrogen and oxygen atoms in total. The summed E-state index contributed by atoms with van der Waals surface area (Å²) in [5.41, 5.74) is 0. The summed E-state index contributed by atoms with van der Waals surface area (Å²) in [6.45, 7) is 4.22. The Morgan fingerprint density at radius 3 is 2.65 bits per heavy atom. The number of hydrogen-bond donors (Lipinski definition) is 4. The van der Waals surface area contributed by atoms with Gasteiger partial charge in [-0.3, -0.25) is 14.2 Å². The second kappa shape index (κ2) is 12.1. The molecule has 2 aliphatic rings. The van der Waals surface area contributed by atoms with Crippen molar-refractivity contribution in [3.8, 4) is 5.75 Å². The Morgan fingerprint density at radius 2 is 1.95 bits per heavy atom. The fourth-order valence-electron chi connectivity index (χ4n) is 4.15. The number of esters is 1. The van der Waals surface area contributed by atoms with Crippen LogP contribution in [0.2, 0.25) is 0 Å². The van der Waals surface area contributed by atoms with Gasteiger partial charge in [0.2, 0.25) is 0 Å². The van der Waals surface area contributed by atoms with Crippen LogP contribution in [0.4, 0.5) is 4.79 Å². The number of benzene rings is 2. The SMILES string of the molecule is [B][C@]1(Cl)[C@H](O)[C@@H](CO[P@@](=O)(N[C@@H](C)C(=O)OC(C)C)Oc2cccc3ccccc23)O[C@H]1N1C=CC(O)NC1=O. The zero-order chi connectivity index (χ0) is 29.2. The van der Waals surface area contributed by atoms with Gasteiger partial charge < -0.3 is 29.5 Å². The molecule has 2 radical (unpaired) electrons. The number of carbonyl (C=O) groups excluding carboxylic acids is 2. The van der Waals surface area contributed by atoms with Gasteiger partial charge in [0.15, 0.2) is 6.23 Å². The average Bonchev–Trinajstić information content (AvgIpc) is 3.11. The molecule has 4 rings (SSSR count). The van der Waals surface area contributed by atoms with E-state index in [2.05, 4.69) is 10.4 Å². The molecule has 2 aromatic rings. The van der Waals surface area contributed by atoms with Crippen molar-refractivity contribution in [2.45, 2.75) is 62.4 Å². The lowest BCUT2D eigenvalue weighted by Gasteiger charge is -2.35. The molecule has 7 atom stereocenters. The minimum atomic E-state index is -4.36. The lowest BCUT2D eigenvalue weighted by molar-refractivity contribution is -0.149. The van der Waals surface area contributed by atoms with Crippen LogP contribution >= 0.6 is 19.3 Å². The number of urea groups is 1. The predicted octanol–water partition coefficient (Wildman–Crippen LogP) is 2.32. The highest BCUT2D eigenvalue weighted by molar-refractivity contribution is 7.52. The van der Waals surface area contributed by atoms with Crippen LogP contribution in [0.1, 0.15) is 20.8 Å². The van der Waals surface area contributed by atoms with Gasteiger partial charge in [-0.1, -0.05) is 36.4 Å². The van der Waals surface area contributed by atoms with E-state index in [9.17, 15) is 24.4 Å². The Hall–Kier alpha value is -2.64. The van der Waals surface area contributed by atoms with Gasteiger partial charge in [0.1, 0.15) is 32.0 Å². The number of aliphatic hydroxyl groups excluding tert-OH is 2. The second-order valence-electron chi connectivity index (χ2n) is 9.64. The van der Waals surface area contributed by atoms with Gasteiger partial charge in [0, 0.05) is 11.6 Å². The lowest BCUT2D eigenvalue weighted by Crippen LogP contribution is -2.56. The van der Waals surface area contributed by atoms with Crippen molar-refractivity contribution < 1.29 is 42.9 Å². The molecule has 2 heterocycles. The molecule has 2 aromatic carbocycles. The maximum Gasteiger partial charge on any atom is 0.459 e. The monoisotopic (exact) mass is 593 g/mol. The smallest absolute Gasteiger partial charge is 0.459 e. The third-order valence-electron chi connectivity index (χ3n) is 6.11. The highest BCUT2D eigenvalue weighted by Gasteiger charge is 2.55. The molecule has 214 valence electrons. The quantitative estimate of drug-likeness (QED) is 0.140. The summed E-state index contributed by atoms with van der Waals surface area (Å²) in [6, 6.07) is 10.5. The topological polar surface area (TPSA) is 156 Å². The molecule has 4 N–H and O–H groups in total. The fraction of sp³-hybridized carbons (Fsp3) is 0.440. The molecule has 0 spiro atoms. The molecule has 40 heavy (non-hydrogen) atoms. The van der Waals surface area contributed by atoms with E-state index in [1.165, 1.54) is 19.2 Å². The first-order valence-corrected chi connectivity index (χ1v) is 14.4. The number of nitrogens with one attached hydrogen (secondary N) is 2. The minimum Gasteiger partial charge on any atom is -0.462 e. The van der Waals surface area contributed by atoms with Gasteiger partial charge >= 0.3 is 19.7 Å². The van der Waals surface area contributed by atoms with E-state index < -0.39 is 67.9 Å². The molecule has 1 saturated heterocycles. The van der Waals surface area contributed by atoms with Gasteiger partial charge in [-0.2, -0.15) is 5.09 Å². The Kier molecular flexibility index (Phi) is 9.16. The van der Waals surface area contributed by atoms with Crippen molar-refractivity contribution in [1.82, 2.24) is 15.3 Å². The van der Waals surface area contributed by atoms with E-state index in [-0.39, 0.29) is 5.75 Å². The van der Waals surface area contributed by atoms with Crippen LogP contribution in [0.15, 0.2) is 54.7 Å². The first-order chi connectivity index (χ1) is 18.8. The Balaban J connectivity index is 1.56. The van der Waals surface area contributed by atoms with E-state index >= 15 is 0 Å². The van der Waals surface area contributed by atoms with Crippen molar-refractivity contribution >= 4 is 50.0 Å². The average molecular weight is 594 g/mol. The van der Waals surface area contributed by atoms with Crippen LogP contribution in [-0.2, 0) is 23.4 Å². The molecular weight excluding hydrogens is 564 g/mol. The van der Waals surface area contributed by atoms with Crippen molar-refractivity contribution in [2.24, 2.45) is 0 Å². The van der Waals surface area contributed by atoms with E-state index in [0.717, 1.165) is 10.3 Å². The van der Waals surface area contributed by atoms with Gasteiger partial charge in [0.05, 0.1) is 23.6 Å². The van der Waals surface area contributed by atoms with E-state index in [1.54, 1.807) is 38.1 Å². The van der Waals surface area contributed by atoms with Gasteiger partial charge in [-0.15, -0.1) is 11.6 Å². The number of fused-ring (bicyclic) bond motifs is 1. The number of aliphatic hydroxyl groups is 2. The third kappa shape index (κ3) is 6.63. The number of amides is 2. The molecule has 2 amide bonds. The molecule has 1 fully saturated rings. The Morgan fingerprint density at radius 1 is 1.25 bits per heavy atom. The Labute approximate surface area is 237 Å². The largest absolute Gasteiger partial charge is 0.462 e. The first-order valence-electron chi connectivity index (χ1n) is 12.5. The van der Waals surface area contributed by atoms with E-state index in [1.807, 2.05) is 18.2 Å². The fourth-order valence-corrected chi connectivity index (χ4v) is 5.97. The summed E-state index contributed by atoms with van der Waals surface area (Å²) in [7, 11) is 1.76. The first kappa shape index (κ1) is 30.3. The lowest BCUT2D eigenvalue weighted by atomic mass is 9.79. The maximum absolute atomic E-state index is 14.0. The molecule has 0 aliphatic carbocycles. The van der Waals surface area contributed by atoms with Gasteiger partial charge in [0.25, 0.3) is 0 Å². The van der Waals surface area contributed by atoms with Crippen LogP contribution in [-0.4, -0.2) is 83.1 Å². The number of alkyl halides is 1. The highest BCUT2D eigenvalue weighted by Crippen LogP contribution is 2.48. The van der Waals surface area contributed by atoms with Crippen LogP contribution in [0.3, 0.4) is 0 Å². The standard InChI is InChI=1S/C25H30BClN3O9P/c1-14(2)37-22(33)15(3)29-40(35,39-18-10-6-8-16-7-4-5-9-17(16)18)36-13-19-21(32)25(26,27)23(38-19)30-12-11-20(31)28-24(30)34/h4-12,14-15,19-21,23,31-32H,13H2,1-3H3,(H,28,34)(H,29,35)/t15-,19+,20?,21+,23+,25-,40-/m0/s1. The molecule has 0 saturated carbocycles. The minimum absolute atomic E-state index is 0.211. The van der Waals surface area contributed by atoms with Gasteiger partial charge in [-0.05, 0) is 38.3 Å². The van der Waals surface area contributed by atoms with Crippen molar-refractivity contribution in [3.05, 3.63) is 54.7 Å². The molecule has 1 unspecified atom stereocenters. The highest BCUT2D eigenvalue weighted by atomic mass is 35.5. The maximum atomic E-state index is 14.0. The van der Waals surface area contributed by atoms with Crippen molar-refractivity contribution in [1.29, 1.82) is 0 Å². The predicted molar refractivity (Wildman–Crippen MR) is 146 cm³/mol. The number of nitrogens with zero attached hydrogens (tertiary/aromatic N) is 1. The molecule has 0 bridgehead atoms. The van der Waals surface area contributed by atoms with Crippen LogP contribution < -0.4 is 14.9 Å². The van der Waals surface area contributed by atoms with Crippen LogP contribution in [0, 0.1) is 0 Å². The molecule has 0 aromatic heterocycles. The third-order valence-corrected chi connectivity index (χ3v) is 8.15. The second-order valence-corrected chi connectivity index (χ2v) is 12.0. The van der Waals surface area contributed by atoms with E-state index in [4.69, 9.17) is 38.0 Å². The number of hydrogen-bond acceptors (Lipinski definition) is 9. The van der Waals surface area contributed by atoms with Crippen molar-refractivity contribution in [2.75, 3.05) is 6.61 Å². The normalized spacial score (nSPS) is 28.8.